The van der Waals surface area contributed by atoms with Crippen molar-refractivity contribution in [3.05, 3.63) is 40.9 Å². The van der Waals surface area contributed by atoms with Gasteiger partial charge in [0.2, 0.25) is 11.0 Å². The van der Waals surface area contributed by atoms with E-state index in [1.165, 1.54) is 11.3 Å². The van der Waals surface area contributed by atoms with Crippen LogP contribution in [0, 0.1) is 0 Å². The fourth-order valence-corrected chi connectivity index (χ4v) is 3.33. The number of rotatable bonds is 4. The summed E-state index contributed by atoms with van der Waals surface area (Å²) >= 11 is 1.39. The first-order valence-corrected chi connectivity index (χ1v) is 9.17. The Labute approximate surface area is 150 Å². The molecule has 7 nitrogen and oxygen atoms in total. The van der Waals surface area contributed by atoms with Crippen molar-refractivity contribution in [3.63, 3.8) is 0 Å². The molecule has 1 saturated heterocycles. The van der Waals surface area contributed by atoms with Crippen LogP contribution in [0.15, 0.2) is 30.3 Å². The van der Waals surface area contributed by atoms with Gasteiger partial charge >= 0.3 is 6.03 Å². The molecule has 0 radical (unpaired) electrons. The third-order valence-corrected chi connectivity index (χ3v) is 5.08. The second kappa shape index (κ2) is 8.06. The number of nitrogens with zero attached hydrogens (tertiary/aromatic N) is 4. The molecule has 1 N–H and O–H groups in total. The Balaban J connectivity index is 1.47. The van der Waals surface area contributed by atoms with E-state index in [1.807, 2.05) is 42.2 Å². The van der Waals surface area contributed by atoms with Crippen molar-refractivity contribution < 1.29 is 9.59 Å². The second-order valence-electron chi connectivity index (χ2n) is 5.81. The largest absolute Gasteiger partial charge is 0.339 e. The lowest BCUT2D eigenvalue weighted by atomic mass is 10.1. The van der Waals surface area contributed by atoms with Crippen LogP contribution in [-0.4, -0.2) is 58.1 Å². The Morgan fingerprint density at radius 3 is 2.40 bits per heavy atom. The van der Waals surface area contributed by atoms with Crippen LogP contribution >= 0.6 is 11.3 Å². The van der Waals surface area contributed by atoms with Gasteiger partial charge in [-0.25, -0.2) is 4.79 Å². The molecule has 1 aliphatic heterocycles. The Morgan fingerprint density at radius 1 is 1.08 bits per heavy atom. The summed E-state index contributed by atoms with van der Waals surface area (Å²) in [5, 5.41) is 12.1. The predicted octanol–water partition coefficient (Wildman–Crippen LogP) is 2.02. The molecule has 1 aliphatic rings. The van der Waals surface area contributed by atoms with Crippen molar-refractivity contribution in [1.29, 1.82) is 0 Å². The Bertz CT molecular complexity index is 726. The number of anilines is 1. The maximum atomic E-state index is 12.4. The molecule has 8 heteroatoms. The predicted molar refractivity (Wildman–Crippen MR) is 96.6 cm³/mol. The summed E-state index contributed by atoms with van der Waals surface area (Å²) in [6.45, 7) is 4.14. The molecule has 1 fully saturated rings. The third-order valence-electron chi connectivity index (χ3n) is 4.10. The van der Waals surface area contributed by atoms with Gasteiger partial charge in [0.1, 0.15) is 5.01 Å². The van der Waals surface area contributed by atoms with Crippen LogP contribution in [0.5, 0.6) is 0 Å². The molecule has 0 aliphatic carbocycles. The molecule has 0 spiro atoms. The topological polar surface area (TPSA) is 78.4 Å². The van der Waals surface area contributed by atoms with Gasteiger partial charge in [-0.3, -0.25) is 10.1 Å². The number of amides is 3. The third kappa shape index (κ3) is 4.54. The van der Waals surface area contributed by atoms with Gasteiger partial charge in [-0.2, -0.15) is 0 Å². The zero-order chi connectivity index (χ0) is 17.6. The van der Waals surface area contributed by atoms with Gasteiger partial charge < -0.3 is 9.80 Å². The van der Waals surface area contributed by atoms with E-state index in [-0.39, 0.29) is 11.9 Å². The maximum Gasteiger partial charge on any atom is 0.323 e. The first-order valence-electron chi connectivity index (χ1n) is 8.35. The van der Waals surface area contributed by atoms with E-state index in [0.717, 1.165) is 17.0 Å². The van der Waals surface area contributed by atoms with Gasteiger partial charge in [0, 0.05) is 26.2 Å². The number of urea groups is 1. The highest BCUT2D eigenvalue weighted by Gasteiger charge is 2.24. The van der Waals surface area contributed by atoms with Crippen LogP contribution in [0.2, 0.25) is 0 Å². The van der Waals surface area contributed by atoms with E-state index < -0.39 is 0 Å². The number of carbonyl (C=O) groups excluding carboxylic acids is 2. The number of hydrogen-bond acceptors (Lipinski definition) is 5. The van der Waals surface area contributed by atoms with Gasteiger partial charge in [0.15, 0.2) is 0 Å². The molecule has 3 rings (SSSR count). The van der Waals surface area contributed by atoms with Crippen LogP contribution in [-0.2, 0) is 17.6 Å². The Hall–Kier alpha value is -2.48. The minimum absolute atomic E-state index is 0.1000. The number of aromatic nitrogens is 2. The molecule has 3 amide bonds. The molecule has 132 valence electrons. The van der Waals surface area contributed by atoms with Crippen molar-refractivity contribution >= 4 is 28.4 Å². The number of aryl methyl sites for hydroxylation is 1. The first-order chi connectivity index (χ1) is 12.2. The molecular formula is C17H21N5O2S. The summed E-state index contributed by atoms with van der Waals surface area (Å²) in [4.78, 5) is 28.2. The van der Waals surface area contributed by atoms with E-state index in [4.69, 9.17) is 0 Å². The first kappa shape index (κ1) is 17.3. The maximum absolute atomic E-state index is 12.4. The number of hydrogen-bond donors (Lipinski definition) is 1. The molecule has 0 atom stereocenters. The summed E-state index contributed by atoms with van der Waals surface area (Å²) in [5.74, 6) is 0.1000. The highest BCUT2D eigenvalue weighted by Crippen LogP contribution is 2.16. The summed E-state index contributed by atoms with van der Waals surface area (Å²) in [6, 6.07) is 9.52. The van der Waals surface area contributed by atoms with Gasteiger partial charge in [0.05, 0.1) is 6.42 Å². The highest BCUT2D eigenvalue weighted by molar-refractivity contribution is 7.15. The smallest absolute Gasteiger partial charge is 0.323 e. The summed E-state index contributed by atoms with van der Waals surface area (Å²) < 4.78 is 0. The monoisotopic (exact) mass is 359 g/mol. The molecule has 0 unspecified atom stereocenters. The quantitative estimate of drug-likeness (QED) is 0.906. The van der Waals surface area contributed by atoms with Gasteiger partial charge in [0.25, 0.3) is 0 Å². The van der Waals surface area contributed by atoms with Crippen molar-refractivity contribution in [1.82, 2.24) is 20.0 Å². The van der Waals surface area contributed by atoms with Crippen molar-refractivity contribution in [2.45, 2.75) is 19.8 Å². The average molecular weight is 359 g/mol. The van der Waals surface area contributed by atoms with Crippen molar-refractivity contribution in [2.24, 2.45) is 0 Å². The lowest BCUT2D eigenvalue weighted by molar-refractivity contribution is -0.131. The number of piperazine rings is 1. The van der Waals surface area contributed by atoms with Crippen LogP contribution in [0.4, 0.5) is 9.93 Å². The van der Waals surface area contributed by atoms with Gasteiger partial charge in [-0.15, -0.1) is 10.2 Å². The minimum atomic E-state index is -0.186. The molecule has 25 heavy (non-hydrogen) atoms. The molecular weight excluding hydrogens is 338 g/mol. The van der Waals surface area contributed by atoms with Crippen LogP contribution in [0.1, 0.15) is 17.5 Å². The molecule has 0 saturated carbocycles. The average Bonchev–Trinajstić information content (AvgIpc) is 3.10. The van der Waals surface area contributed by atoms with Crippen molar-refractivity contribution in [2.75, 3.05) is 31.5 Å². The molecule has 1 aromatic carbocycles. The number of nitrogens with one attached hydrogen (secondary N) is 1. The number of benzene rings is 1. The lowest BCUT2D eigenvalue weighted by Crippen LogP contribution is -2.52. The van der Waals surface area contributed by atoms with E-state index >= 15 is 0 Å². The van der Waals surface area contributed by atoms with Gasteiger partial charge in [-0.05, 0) is 12.0 Å². The van der Waals surface area contributed by atoms with E-state index in [1.54, 1.807) is 4.90 Å². The normalized spacial score (nSPS) is 14.4. The summed E-state index contributed by atoms with van der Waals surface area (Å²) in [6.07, 6.45) is 1.20. The lowest BCUT2D eigenvalue weighted by Gasteiger charge is -2.34. The molecule has 2 aromatic rings. The zero-order valence-electron chi connectivity index (χ0n) is 14.1. The SMILES string of the molecule is CCc1nnc(NC(=O)N2CCN(C(=O)Cc3ccccc3)CC2)s1. The zero-order valence-corrected chi connectivity index (χ0v) is 15.0. The fraction of sp³-hybridized carbons (Fsp3) is 0.412. The van der Waals surface area contributed by atoms with Crippen molar-refractivity contribution in [3.8, 4) is 0 Å². The fourth-order valence-electron chi connectivity index (χ4n) is 2.66. The number of carbonyl (C=O) groups is 2. The van der Waals surface area contributed by atoms with E-state index in [9.17, 15) is 9.59 Å². The molecule has 1 aromatic heterocycles. The van der Waals surface area contributed by atoms with Crippen LogP contribution in [0.3, 0.4) is 0 Å². The minimum Gasteiger partial charge on any atom is -0.339 e. The molecule has 2 heterocycles. The summed E-state index contributed by atoms with van der Waals surface area (Å²) in [5.41, 5.74) is 1.01. The van der Waals surface area contributed by atoms with Crippen LogP contribution < -0.4 is 5.32 Å². The van der Waals surface area contributed by atoms with E-state index in [0.29, 0.717) is 37.7 Å². The van der Waals surface area contributed by atoms with Crippen LogP contribution in [0.25, 0.3) is 0 Å². The van der Waals surface area contributed by atoms with E-state index in [2.05, 4.69) is 15.5 Å². The Kier molecular flexibility index (Phi) is 5.60. The summed E-state index contributed by atoms with van der Waals surface area (Å²) in [7, 11) is 0. The second-order valence-corrected chi connectivity index (χ2v) is 6.88. The Morgan fingerprint density at radius 2 is 1.76 bits per heavy atom. The molecule has 0 bridgehead atoms. The highest BCUT2D eigenvalue weighted by atomic mass is 32.1. The van der Waals surface area contributed by atoms with Gasteiger partial charge in [-0.1, -0.05) is 48.6 Å². The standard InChI is InChI=1S/C17H21N5O2S/c1-2-14-19-20-16(25-14)18-17(24)22-10-8-21(9-11-22)15(23)12-13-6-4-3-5-7-13/h3-7H,2,8-12H2,1H3,(H,18,20,24).